The van der Waals surface area contributed by atoms with Crippen molar-refractivity contribution in [3.63, 3.8) is 0 Å². The molecule has 1 aliphatic heterocycles. The van der Waals surface area contributed by atoms with Gasteiger partial charge in [-0.25, -0.2) is 23.7 Å². The third-order valence-corrected chi connectivity index (χ3v) is 6.60. The Balaban J connectivity index is 1.72. The van der Waals surface area contributed by atoms with Gasteiger partial charge in [-0.1, -0.05) is 18.2 Å². The summed E-state index contributed by atoms with van der Waals surface area (Å²) >= 11 is 6.72. The fourth-order valence-corrected chi connectivity index (χ4v) is 4.80. The number of fused-ring (bicyclic) bond motifs is 1. The van der Waals surface area contributed by atoms with E-state index in [1.807, 2.05) is 19.9 Å². The van der Waals surface area contributed by atoms with Crippen LogP contribution in [0.5, 0.6) is 0 Å². The largest absolute Gasteiger partial charge is 0.362 e. The van der Waals surface area contributed by atoms with Crippen LogP contribution in [0.1, 0.15) is 36.9 Å². The molecule has 5 rings (SSSR count). The minimum absolute atomic E-state index is 0.330. The standard InChI is InChI=1S/C25H23ClF2N6/c1-13-5-4-6-34(13)23-14(2)20(26)10-19(21(23)16-7-17(27)9-18(28)8-16)15(3)33-25-22-24(30-11-29-22)31-12-32-25/h7-12,15H,1,4-6H2,2-3H3,(H2,29,30,31,32,33). The van der Waals surface area contributed by atoms with E-state index in [9.17, 15) is 8.78 Å². The van der Waals surface area contributed by atoms with E-state index in [1.165, 1.54) is 18.5 Å². The lowest BCUT2D eigenvalue weighted by molar-refractivity contribution is 0.584. The highest BCUT2D eigenvalue weighted by molar-refractivity contribution is 6.32. The number of nitrogens with one attached hydrogen (secondary N) is 2. The van der Waals surface area contributed by atoms with Gasteiger partial charge in [0, 0.05) is 28.9 Å². The van der Waals surface area contributed by atoms with E-state index in [-0.39, 0.29) is 6.04 Å². The molecule has 0 bridgehead atoms. The number of H-pyrrole nitrogens is 1. The van der Waals surface area contributed by atoms with Crippen LogP contribution in [0.3, 0.4) is 0 Å². The second-order valence-electron chi connectivity index (χ2n) is 8.46. The molecule has 1 saturated heterocycles. The Morgan fingerprint density at radius 2 is 1.91 bits per heavy atom. The summed E-state index contributed by atoms with van der Waals surface area (Å²) in [6, 6.07) is 5.08. The molecule has 1 unspecified atom stereocenters. The Hall–Kier alpha value is -3.52. The zero-order valence-corrected chi connectivity index (χ0v) is 19.5. The number of hydrogen-bond acceptors (Lipinski definition) is 5. The fourth-order valence-electron chi connectivity index (χ4n) is 4.59. The van der Waals surface area contributed by atoms with Gasteiger partial charge in [-0.3, -0.25) is 0 Å². The van der Waals surface area contributed by atoms with Crippen molar-refractivity contribution in [3.05, 3.63) is 77.0 Å². The Morgan fingerprint density at radius 1 is 1.15 bits per heavy atom. The second-order valence-corrected chi connectivity index (χ2v) is 8.87. The van der Waals surface area contributed by atoms with Crippen molar-refractivity contribution >= 4 is 34.3 Å². The van der Waals surface area contributed by atoms with Crippen LogP contribution in [0, 0.1) is 18.6 Å². The molecule has 2 aromatic heterocycles. The molecule has 0 amide bonds. The molecule has 9 heteroatoms. The summed E-state index contributed by atoms with van der Waals surface area (Å²) in [7, 11) is 0. The van der Waals surface area contributed by atoms with Crippen molar-refractivity contribution in [1.82, 2.24) is 19.9 Å². The quantitative estimate of drug-likeness (QED) is 0.339. The molecule has 1 atom stereocenters. The molecule has 0 saturated carbocycles. The summed E-state index contributed by atoms with van der Waals surface area (Å²) in [5, 5.41) is 3.94. The van der Waals surface area contributed by atoms with Crippen molar-refractivity contribution in [2.45, 2.75) is 32.7 Å². The number of aromatic amines is 1. The van der Waals surface area contributed by atoms with Crippen molar-refractivity contribution in [2.75, 3.05) is 16.8 Å². The number of benzene rings is 2. The number of nitrogens with zero attached hydrogens (tertiary/aromatic N) is 4. The number of imidazole rings is 1. The number of allylic oxidation sites excluding steroid dienone is 1. The summed E-state index contributed by atoms with van der Waals surface area (Å²) in [4.78, 5) is 17.9. The second kappa shape index (κ2) is 8.68. The van der Waals surface area contributed by atoms with Gasteiger partial charge in [-0.2, -0.15) is 0 Å². The normalized spacial score (nSPS) is 14.7. The van der Waals surface area contributed by atoms with E-state index in [0.717, 1.165) is 48.0 Å². The van der Waals surface area contributed by atoms with Crippen molar-refractivity contribution in [3.8, 4) is 11.1 Å². The zero-order chi connectivity index (χ0) is 24.0. The number of aromatic nitrogens is 4. The van der Waals surface area contributed by atoms with Crippen LogP contribution < -0.4 is 10.2 Å². The first-order valence-corrected chi connectivity index (χ1v) is 11.4. The Bertz CT molecular complexity index is 1400. The lowest BCUT2D eigenvalue weighted by Gasteiger charge is -2.30. The predicted molar refractivity (Wildman–Crippen MR) is 131 cm³/mol. The summed E-state index contributed by atoms with van der Waals surface area (Å²) in [6.07, 6.45) is 4.79. The Labute approximate surface area is 200 Å². The van der Waals surface area contributed by atoms with Crippen molar-refractivity contribution < 1.29 is 8.78 Å². The number of halogens is 3. The topological polar surface area (TPSA) is 69.7 Å². The highest BCUT2D eigenvalue weighted by Crippen LogP contribution is 2.46. The minimum atomic E-state index is -0.644. The first-order valence-electron chi connectivity index (χ1n) is 11.0. The van der Waals surface area contributed by atoms with E-state index in [0.29, 0.717) is 33.1 Å². The molecule has 1 fully saturated rings. The van der Waals surface area contributed by atoms with Crippen LogP contribution in [0.2, 0.25) is 5.02 Å². The maximum Gasteiger partial charge on any atom is 0.162 e. The zero-order valence-electron chi connectivity index (χ0n) is 18.8. The molecule has 2 aromatic carbocycles. The van der Waals surface area contributed by atoms with Crippen LogP contribution in [0.4, 0.5) is 20.3 Å². The van der Waals surface area contributed by atoms with Gasteiger partial charge in [-0.15, -0.1) is 0 Å². The highest BCUT2D eigenvalue weighted by atomic mass is 35.5. The molecule has 174 valence electrons. The molecule has 1 aliphatic rings. The molecular formula is C25H23ClF2N6. The first kappa shape index (κ1) is 22.3. The van der Waals surface area contributed by atoms with Crippen LogP contribution in [0.25, 0.3) is 22.3 Å². The molecule has 0 aliphatic carbocycles. The number of hydrogen-bond donors (Lipinski definition) is 2. The van der Waals surface area contributed by atoms with Crippen LogP contribution in [-0.2, 0) is 0 Å². The SMILES string of the molecule is C=C1CCCN1c1c(C)c(Cl)cc(C(C)Nc2ncnc3[nH]cnc23)c1-c1cc(F)cc(F)c1. The summed E-state index contributed by atoms with van der Waals surface area (Å²) in [6.45, 7) is 8.84. The molecular weight excluding hydrogens is 458 g/mol. The summed E-state index contributed by atoms with van der Waals surface area (Å²) < 4.78 is 28.7. The van der Waals surface area contributed by atoms with E-state index >= 15 is 0 Å². The van der Waals surface area contributed by atoms with Gasteiger partial charge in [0.05, 0.1) is 18.1 Å². The van der Waals surface area contributed by atoms with E-state index in [2.05, 4.69) is 36.7 Å². The molecule has 3 heterocycles. The fraction of sp³-hybridized carbons (Fsp3) is 0.240. The molecule has 0 radical (unpaired) electrons. The molecule has 6 nitrogen and oxygen atoms in total. The van der Waals surface area contributed by atoms with Gasteiger partial charge < -0.3 is 15.2 Å². The molecule has 34 heavy (non-hydrogen) atoms. The third-order valence-electron chi connectivity index (χ3n) is 6.21. The van der Waals surface area contributed by atoms with E-state index < -0.39 is 11.6 Å². The van der Waals surface area contributed by atoms with Crippen molar-refractivity contribution in [2.24, 2.45) is 0 Å². The van der Waals surface area contributed by atoms with Crippen LogP contribution in [0.15, 0.2) is 49.2 Å². The third kappa shape index (κ3) is 3.88. The van der Waals surface area contributed by atoms with Crippen LogP contribution >= 0.6 is 11.6 Å². The molecule has 4 aromatic rings. The molecule has 0 spiro atoms. The van der Waals surface area contributed by atoms with E-state index in [4.69, 9.17) is 11.6 Å². The monoisotopic (exact) mass is 480 g/mol. The summed E-state index contributed by atoms with van der Waals surface area (Å²) in [5.74, 6) is -0.747. The minimum Gasteiger partial charge on any atom is -0.362 e. The van der Waals surface area contributed by atoms with Gasteiger partial charge in [0.15, 0.2) is 11.5 Å². The Morgan fingerprint density at radius 3 is 2.62 bits per heavy atom. The van der Waals surface area contributed by atoms with E-state index in [1.54, 1.807) is 6.33 Å². The smallest absolute Gasteiger partial charge is 0.162 e. The number of rotatable bonds is 5. The predicted octanol–water partition coefficient (Wildman–Crippen LogP) is 6.55. The van der Waals surface area contributed by atoms with Gasteiger partial charge in [0.2, 0.25) is 0 Å². The lowest BCUT2D eigenvalue weighted by atomic mass is 9.90. The number of anilines is 2. The average molecular weight is 481 g/mol. The summed E-state index contributed by atoms with van der Waals surface area (Å²) in [5.41, 5.74) is 5.71. The maximum absolute atomic E-state index is 14.4. The lowest BCUT2D eigenvalue weighted by Crippen LogP contribution is -2.20. The van der Waals surface area contributed by atoms with Gasteiger partial charge >= 0.3 is 0 Å². The van der Waals surface area contributed by atoms with Gasteiger partial charge in [0.25, 0.3) is 0 Å². The highest BCUT2D eigenvalue weighted by Gasteiger charge is 2.28. The molecule has 2 N–H and O–H groups in total. The van der Waals surface area contributed by atoms with Gasteiger partial charge in [-0.05, 0) is 61.6 Å². The van der Waals surface area contributed by atoms with Crippen LogP contribution in [-0.4, -0.2) is 26.5 Å². The maximum atomic E-state index is 14.4. The first-order chi connectivity index (χ1) is 16.3. The Kier molecular flexibility index (Phi) is 5.69. The van der Waals surface area contributed by atoms with Gasteiger partial charge in [0.1, 0.15) is 23.5 Å². The average Bonchev–Trinajstić information content (AvgIpc) is 3.44. The van der Waals surface area contributed by atoms with Crippen molar-refractivity contribution in [1.29, 1.82) is 0 Å².